The maximum atomic E-state index is 12.6. The fourth-order valence-electron chi connectivity index (χ4n) is 3.19. The number of benzene rings is 2. The molecule has 0 aliphatic heterocycles. The van der Waals surface area contributed by atoms with Gasteiger partial charge in [-0.25, -0.2) is 9.97 Å². The van der Waals surface area contributed by atoms with Gasteiger partial charge in [-0.1, -0.05) is 12.1 Å². The van der Waals surface area contributed by atoms with E-state index in [2.05, 4.69) is 9.97 Å². The lowest BCUT2D eigenvalue weighted by molar-refractivity contribution is -0.141. The van der Waals surface area contributed by atoms with Gasteiger partial charge in [-0.05, 0) is 86.6 Å². The Morgan fingerprint density at radius 1 is 0.694 bits per heavy atom. The standard InChI is InChI=1S/C14H12F3NO.C14H12N2O/c1-2-19-11-8-6-10(7-9-11)12-4-3-5-13(18-12)14(15,16)17;1-2-17-13-8-6-11(7-9-13)14-5-3-4-12(10-15)16-14/h3-9H,2H2,1H3;3-9H,2H2,1H3. The van der Waals surface area contributed by atoms with Crippen molar-refractivity contribution >= 4 is 0 Å². The molecule has 0 unspecified atom stereocenters. The van der Waals surface area contributed by atoms with Crippen LogP contribution in [0.25, 0.3) is 22.5 Å². The molecule has 4 aromatic rings. The first kappa shape index (κ1) is 26.2. The van der Waals surface area contributed by atoms with E-state index in [-0.39, 0.29) is 5.69 Å². The maximum absolute atomic E-state index is 12.6. The third-order valence-corrected chi connectivity index (χ3v) is 4.83. The van der Waals surface area contributed by atoms with Crippen molar-refractivity contribution in [2.45, 2.75) is 20.0 Å². The molecule has 0 fully saturated rings. The molecule has 5 nitrogen and oxygen atoms in total. The molecule has 8 heteroatoms. The van der Waals surface area contributed by atoms with Gasteiger partial charge in [-0.3, -0.25) is 0 Å². The fourth-order valence-corrected chi connectivity index (χ4v) is 3.19. The molecule has 2 aromatic carbocycles. The van der Waals surface area contributed by atoms with E-state index in [1.54, 1.807) is 36.4 Å². The van der Waals surface area contributed by atoms with Crippen LogP contribution in [0, 0.1) is 11.3 Å². The molecule has 184 valence electrons. The van der Waals surface area contributed by atoms with Gasteiger partial charge < -0.3 is 9.47 Å². The van der Waals surface area contributed by atoms with E-state index in [1.165, 1.54) is 6.07 Å². The summed E-state index contributed by atoms with van der Waals surface area (Å²) in [6, 6.07) is 25.8. The molecule has 0 amide bonds. The van der Waals surface area contributed by atoms with Crippen molar-refractivity contribution in [3.63, 3.8) is 0 Å². The van der Waals surface area contributed by atoms with Crippen LogP contribution < -0.4 is 9.47 Å². The van der Waals surface area contributed by atoms with Crippen LogP contribution in [0.15, 0.2) is 84.9 Å². The number of nitrogens with zero attached hydrogens (tertiary/aromatic N) is 3. The average Bonchev–Trinajstić information content (AvgIpc) is 2.90. The highest BCUT2D eigenvalue weighted by molar-refractivity contribution is 5.61. The van der Waals surface area contributed by atoms with E-state index < -0.39 is 11.9 Å². The highest BCUT2D eigenvalue weighted by Gasteiger charge is 2.32. The molecule has 0 saturated carbocycles. The monoisotopic (exact) mass is 491 g/mol. The summed E-state index contributed by atoms with van der Waals surface area (Å²) in [5.41, 5.74) is 2.22. The van der Waals surface area contributed by atoms with E-state index in [4.69, 9.17) is 14.7 Å². The predicted molar refractivity (Wildman–Crippen MR) is 131 cm³/mol. The lowest BCUT2D eigenvalue weighted by atomic mass is 10.1. The van der Waals surface area contributed by atoms with E-state index in [0.717, 1.165) is 23.1 Å². The predicted octanol–water partition coefficient (Wildman–Crippen LogP) is 7.19. The molecule has 0 radical (unpaired) electrons. The number of rotatable bonds is 6. The van der Waals surface area contributed by atoms with Gasteiger partial charge in [0.25, 0.3) is 0 Å². The lowest BCUT2D eigenvalue weighted by Gasteiger charge is -2.08. The second-order valence-electron chi connectivity index (χ2n) is 7.34. The second-order valence-corrected chi connectivity index (χ2v) is 7.34. The molecular weight excluding hydrogens is 467 g/mol. The molecule has 0 bridgehead atoms. The first-order valence-corrected chi connectivity index (χ1v) is 11.2. The van der Waals surface area contributed by atoms with Crippen molar-refractivity contribution < 1.29 is 22.6 Å². The minimum Gasteiger partial charge on any atom is -0.494 e. The molecule has 0 aliphatic carbocycles. The summed E-state index contributed by atoms with van der Waals surface area (Å²) in [7, 11) is 0. The van der Waals surface area contributed by atoms with Crippen LogP contribution >= 0.6 is 0 Å². The summed E-state index contributed by atoms with van der Waals surface area (Å²) in [6.07, 6.45) is -4.43. The van der Waals surface area contributed by atoms with Crippen LogP contribution in [0.4, 0.5) is 13.2 Å². The number of pyridine rings is 2. The van der Waals surface area contributed by atoms with Crippen LogP contribution in [-0.2, 0) is 6.18 Å². The zero-order valence-electron chi connectivity index (χ0n) is 19.8. The average molecular weight is 492 g/mol. The molecule has 0 spiro atoms. The lowest BCUT2D eigenvalue weighted by Crippen LogP contribution is -2.07. The summed E-state index contributed by atoms with van der Waals surface area (Å²) >= 11 is 0. The van der Waals surface area contributed by atoms with Crippen LogP contribution in [-0.4, -0.2) is 23.2 Å². The molecule has 0 atom stereocenters. The number of hydrogen-bond acceptors (Lipinski definition) is 5. The van der Waals surface area contributed by atoms with Crippen LogP contribution in [0.5, 0.6) is 11.5 Å². The molecule has 0 N–H and O–H groups in total. The molecular formula is C28H24F3N3O2. The Hall–Kier alpha value is -4.38. The molecule has 4 rings (SSSR count). The maximum Gasteiger partial charge on any atom is 0.433 e. The van der Waals surface area contributed by atoms with Crippen LogP contribution in [0.2, 0.25) is 0 Å². The van der Waals surface area contributed by atoms with Crippen molar-refractivity contribution in [1.82, 2.24) is 9.97 Å². The molecule has 2 heterocycles. The summed E-state index contributed by atoms with van der Waals surface area (Å²) in [5, 5.41) is 8.79. The number of aromatic nitrogens is 2. The minimum absolute atomic E-state index is 0.290. The number of nitriles is 1. The van der Waals surface area contributed by atoms with Crippen molar-refractivity contribution in [1.29, 1.82) is 5.26 Å². The zero-order chi connectivity index (χ0) is 26.0. The Bertz CT molecular complexity index is 1300. The Morgan fingerprint density at radius 3 is 1.61 bits per heavy atom. The van der Waals surface area contributed by atoms with Gasteiger partial charge in [0.2, 0.25) is 0 Å². The molecule has 36 heavy (non-hydrogen) atoms. The van der Waals surface area contributed by atoms with E-state index in [1.807, 2.05) is 56.3 Å². The third kappa shape index (κ3) is 7.31. The highest BCUT2D eigenvalue weighted by atomic mass is 19.4. The van der Waals surface area contributed by atoms with Crippen LogP contribution in [0.1, 0.15) is 25.2 Å². The van der Waals surface area contributed by atoms with E-state index >= 15 is 0 Å². The molecule has 0 aliphatic rings. The quantitative estimate of drug-likeness (QED) is 0.286. The van der Waals surface area contributed by atoms with Gasteiger partial charge in [0.1, 0.15) is 29.0 Å². The van der Waals surface area contributed by atoms with Crippen molar-refractivity contribution in [3.8, 4) is 40.1 Å². The third-order valence-electron chi connectivity index (χ3n) is 4.83. The van der Waals surface area contributed by atoms with Crippen molar-refractivity contribution in [2.75, 3.05) is 13.2 Å². The molecule has 2 aromatic heterocycles. The summed E-state index contributed by atoms with van der Waals surface area (Å²) in [5.74, 6) is 1.52. The highest BCUT2D eigenvalue weighted by Crippen LogP contribution is 2.30. The van der Waals surface area contributed by atoms with Crippen molar-refractivity contribution in [3.05, 3.63) is 96.3 Å². The Morgan fingerprint density at radius 2 is 1.17 bits per heavy atom. The van der Waals surface area contributed by atoms with Crippen LogP contribution in [0.3, 0.4) is 0 Å². The fraction of sp³-hybridized carbons (Fsp3) is 0.179. The zero-order valence-corrected chi connectivity index (χ0v) is 19.8. The largest absolute Gasteiger partial charge is 0.494 e. The Labute approximate surface area is 207 Å². The molecule has 0 saturated heterocycles. The summed E-state index contributed by atoms with van der Waals surface area (Å²) in [4.78, 5) is 7.86. The van der Waals surface area contributed by atoms with Gasteiger partial charge in [-0.2, -0.15) is 18.4 Å². The smallest absolute Gasteiger partial charge is 0.433 e. The first-order valence-electron chi connectivity index (χ1n) is 11.2. The number of alkyl halides is 3. The number of halogens is 3. The first-order chi connectivity index (χ1) is 17.3. The minimum atomic E-state index is -4.43. The summed E-state index contributed by atoms with van der Waals surface area (Å²) < 4.78 is 48.3. The van der Waals surface area contributed by atoms with Gasteiger partial charge in [0.15, 0.2) is 0 Å². The second kappa shape index (κ2) is 12.4. The van der Waals surface area contributed by atoms with Crippen molar-refractivity contribution in [2.24, 2.45) is 0 Å². The Kier molecular flexibility index (Phi) is 9.01. The normalized spacial score (nSPS) is 10.6. The SMILES string of the molecule is CCOc1ccc(-c2cccc(C#N)n2)cc1.CCOc1ccc(-c2cccc(C(F)(F)F)n2)cc1. The number of hydrogen-bond donors (Lipinski definition) is 0. The van der Waals surface area contributed by atoms with Gasteiger partial charge in [-0.15, -0.1) is 0 Å². The van der Waals surface area contributed by atoms with Gasteiger partial charge in [0, 0.05) is 11.1 Å². The summed E-state index contributed by atoms with van der Waals surface area (Å²) in [6.45, 7) is 5.01. The van der Waals surface area contributed by atoms with E-state index in [0.29, 0.717) is 30.2 Å². The van der Waals surface area contributed by atoms with Gasteiger partial charge >= 0.3 is 6.18 Å². The number of ether oxygens (including phenoxy) is 2. The topological polar surface area (TPSA) is 68.0 Å². The van der Waals surface area contributed by atoms with Gasteiger partial charge in [0.05, 0.1) is 24.6 Å². The Balaban J connectivity index is 0.000000202. The van der Waals surface area contributed by atoms with E-state index in [9.17, 15) is 13.2 Å².